The second kappa shape index (κ2) is 6.71. The molecule has 1 unspecified atom stereocenters. The molecule has 2 aromatic rings. The number of hydrazone groups is 1. The number of azo groups is 1. The standard InChI is InChI=1S/C17H15N5O4/c1-10-8-13(16(23)14(9-10)22(25)26)18-19-15-11(2)20-21(17(15)24)12-6-4-3-5-7-12/h3-9,15,23H,1-2H3. The SMILES string of the molecule is CC1=NN(c2ccccc2)C(=O)C1N=Nc1cc(C)cc([N+](=O)[O-])c1O. The summed E-state index contributed by atoms with van der Waals surface area (Å²) in [7, 11) is 0. The van der Waals surface area contributed by atoms with Gasteiger partial charge in [-0.1, -0.05) is 18.2 Å². The van der Waals surface area contributed by atoms with E-state index >= 15 is 0 Å². The van der Waals surface area contributed by atoms with Crippen LogP contribution in [0.5, 0.6) is 5.75 Å². The largest absolute Gasteiger partial charge is 0.501 e. The number of carbonyl (C=O) groups is 1. The third-order valence-electron chi connectivity index (χ3n) is 3.79. The second-order valence-corrected chi connectivity index (χ2v) is 5.75. The number of hydrogen-bond donors (Lipinski definition) is 1. The number of phenols is 1. The predicted molar refractivity (Wildman–Crippen MR) is 94.8 cm³/mol. The van der Waals surface area contributed by atoms with Gasteiger partial charge in [0.25, 0.3) is 5.91 Å². The average Bonchev–Trinajstić information content (AvgIpc) is 2.90. The van der Waals surface area contributed by atoms with Crippen LogP contribution in [0.3, 0.4) is 0 Å². The van der Waals surface area contributed by atoms with E-state index in [0.29, 0.717) is 17.0 Å². The quantitative estimate of drug-likeness (QED) is 0.514. The summed E-state index contributed by atoms with van der Waals surface area (Å²) in [6, 6.07) is 10.6. The first-order chi connectivity index (χ1) is 12.4. The zero-order valence-electron chi connectivity index (χ0n) is 14.0. The van der Waals surface area contributed by atoms with Gasteiger partial charge in [-0.05, 0) is 37.6 Å². The van der Waals surface area contributed by atoms with Gasteiger partial charge in [0.15, 0.2) is 6.04 Å². The normalized spacial score (nSPS) is 17.0. The minimum atomic E-state index is -0.950. The molecule has 0 aromatic heterocycles. The monoisotopic (exact) mass is 353 g/mol. The van der Waals surface area contributed by atoms with Crippen molar-refractivity contribution >= 4 is 28.7 Å². The van der Waals surface area contributed by atoms with E-state index in [2.05, 4.69) is 15.3 Å². The molecule has 1 N–H and O–H groups in total. The van der Waals surface area contributed by atoms with Gasteiger partial charge in [-0.25, -0.2) is 0 Å². The summed E-state index contributed by atoms with van der Waals surface area (Å²) < 4.78 is 0. The zero-order valence-corrected chi connectivity index (χ0v) is 14.0. The van der Waals surface area contributed by atoms with Crippen molar-refractivity contribution in [1.29, 1.82) is 0 Å². The topological polar surface area (TPSA) is 121 Å². The molecular formula is C17H15N5O4. The maximum atomic E-state index is 12.6. The number of benzene rings is 2. The Morgan fingerprint density at radius 2 is 1.92 bits per heavy atom. The summed E-state index contributed by atoms with van der Waals surface area (Å²) in [5.41, 5.74) is 1.04. The lowest BCUT2D eigenvalue weighted by Crippen LogP contribution is -2.29. The van der Waals surface area contributed by atoms with E-state index in [0.717, 1.165) is 0 Å². The van der Waals surface area contributed by atoms with E-state index < -0.39 is 22.4 Å². The number of rotatable bonds is 4. The van der Waals surface area contributed by atoms with Crippen molar-refractivity contribution in [2.75, 3.05) is 5.01 Å². The minimum absolute atomic E-state index is 0.0736. The van der Waals surface area contributed by atoms with Crippen molar-refractivity contribution in [1.82, 2.24) is 0 Å². The molecular weight excluding hydrogens is 338 g/mol. The van der Waals surface area contributed by atoms with Crippen LogP contribution in [0.25, 0.3) is 0 Å². The molecule has 1 atom stereocenters. The van der Waals surface area contributed by atoms with Crippen LogP contribution in [-0.2, 0) is 4.79 Å². The lowest BCUT2D eigenvalue weighted by Gasteiger charge is -2.11. The van der Waals surface area contributed by atoms with Crippen molar-refractivity contribution in [3.8, 4) is 5.75 Å². The summed E-state index contributed by atoms with van der Waals surface area (Å²) in [5, 5.41) is 34.2. The lowest BCUT2D eigenvalue weighted by atomic mass is 10.2. The summed E-state index contributed by atoms with van der Waals surface area (Å²) in [4.78, 5) is 22.8. The van der Waals surface area contributed by atoms with E-state index in [-0.39, 0.29) is 11.6 Å². The van der Waals surface area contributed by atoms with Crippen LogP contribution in [0.2, 0.25) is 0 Å². The molecule has 1 aliphatic heterocycles. The summed E-state index contributed by atoms with van der Waals surface area (Å²) >= 11 is 0. The second-order valence-electron chi connectivity index (χ2n) is 5.75. The van der Waals surface area contributed by atoms with Gasteiger partial charge < -0.3 is 5.11 Å². The molecule has 0 spiro atoms. The van der Waals surface area contributed by atoms with Crippen LogP contribution in [0.1, 0.15) is 12.5 Å². The Bertz CT molecular complexity index is 940. The van der Waals surface area contributed by atoms with Gasteiger partial charge in [-0.3, -0.25) is 14.9 Å². The molecule has 26 heavy (non-hydrogen) atoms. The number of nitro groups is 1. The van der Waals surface area contributed by atoms with Crippen molar-refractivity contribution in [2.45, 2.75) is 19.9 Å². The molecule has 0 radical (unpaired) electrons. The predicted octanol–water partition coefficient (Wildman–Crippen LogP) is 3.48. The third kappa shape index (κ3) is 3.14. The Morgan fingerprint density at radius 1 is 1.23 bits per heavy atom. The number of aryl methyl sites for hydroxylation is 1. The van der Waals surface area contributed by atoms with Gasteiger partial charge in [0.1, 0.15) is 5.69 Å². The fraction of sp³-hybridized carbons (Fsp3) is 0.176. The summed E-state index contributed by atoms with van der Waals surface area (Å²) in [5.74, 6) is -0.983. The van der Waals surface area contributed by atoms with Gasteiger partial charge in [0, 0.05) is 6.07 Å². The highest BCUT2D eigenvalue weighted by atomic mass is 16.6. The first-order valence-electron chi connectivity index (χ1n) is 7.71. The Balaban J connectivity index is 1.89. The van der Waals surface area contributed by atoms with Crippen LogP contribution < -0.4 is 5.01 Å². The fourth-order valence-corrected chi connectivity index (χ4v) is 2.52. The van der Waals surface area contributed by atoms with Gasteiger partial charge in [0.05, 0.1) is 16.3 Å². The number of carbonyl (C=O) groups excluding carboxylic acids is 1. The van der Waals surface area contributed by atoms with Crippen molar-refractivity contribution in [3.05, 3.63) is 58.1 Å². The van der Waals surface area contributed by atoms with Crippen LogP contribution >= 0.6 is 0 Å². The highest BCUT2D eigenvalue weighted by Gasteiger charge is 2.34. The van der Waals surface area contributed by atoms with Gasteiger partial charge in [-0.2, -0.15) is 20.3 Å². The molecule has 9 nitrogen and oxygen atoms in total. The van der Waals surface area contributed by atoms with E-state index in [1.807, 2.05) is 6.07 Å². The number of nitro benzene ring substituents is 1. The molecule has 1 heterocycles. The molecule has 0 aliphatic carbocycles. The van der Waals surface area contributed by atoms with Crippen molar-refractivity contribution in [2.24, 2.45) is 15.3 Å². The number of nitrogens with zero attached hydrogens (tertiary/aromatic N) is 5. The lowest BCUT2D eigenvalue weighted by molar-refractivity contribution is -0.385. The van der Waals surface area contributed by atoms with E-state index in [4.69, 9.17) is 0 Å². The Morgan fingerprint density at radius 3 is 2.58 bits per heavy atom. The van der Waals surface area contributed by atoms with Crippen LogP contribution in [-0.4, -0.2) is 27.7 Å². The van der Waals surface area contributed by atoms with Crippen molar-refractivity contribution < 1.29 is 14.8 Å². The first kappa shape index (κ1) is 17.2. The van der Waals surface area contributed by atoms with E-state index in [1.54, 1.807) is 38.1 Å². The number of hydrogen-bond acceptors (Lipinski definition) is 7. The van der Waals surface area contributed by atoms with E-state index in [9.17, 15) is 20.0 Å². The molecule has 0 saturated carbocycles. The van der Waals surface area contributed by atoms with Gasteiger partial charge >= 0.3 is 5.69 Å². The van der Waals surface area contributed by atoms with Crippen LogP contribution in [0.15, 0.2) is 57.8 Å². The number of anilines is 1. The van der Waals surface area contributed by atoms with Crippen LogP contribution in [0, 0.1) is 17.0 Å². The smallest absolute Gasteiger partial charge is 0.313 e. The number of amides is 1. The zero-order chi connectivity index (χ0) is 18.8. The highest BCUT2D eigenvalue weighted by Crippen LogP contribution is 2.37. The first-order valence-corrected chi connectivity index (χ1v) is 7.71. The molecule has 2 aromatic carbocycles. The molecule has 0 bridgehead atoms. The summed E-state index contributed by atoms with van der Waals surface area (Å²) in [6.45, 7) is 3.28. The van der Waals surface area contributed by atoms with Gasteiger partial charge in [-0.15, -0.1) is 0 Å². The maximum absolute atomic E-state index is 12.6. The van der Waals surface area contributed by atoms with Crippen LogP contribution in [0.4, 0.5) is 17.1 Å². The Kier molecular flexibility index (Phi) is 4.44. The highest BCUT2D eigenvalue weighted by molar-refractivity contribution is 6.18. The summed E-state index contributed by atoms with van der Waals surface area (Å²) in [6.07, 6.45) is 0. The average molecular weight is 353 g/mol. The molecule has 9 heteroatoms. The molecule has 3 rings (SSSR count). The fourth-order valence-electron chi connectivity index (χ4n) is 2.52. The third-order valence-corrected chi connectivity index (χ3v) is 3.79. The minimum Gasteiger partial charge on any atom is -0.501 e. The number of para-hydroxylation sites is 1. The molecule has 132 valence electrons. The van der Waals surface area contributed by atoms with Gasteiger partial charge in [0.2, 0.25) is 5.75 Å². The molecule has 1 aliphatic rings. The number of phenolic OH excluding ortho intramolecular Hbond substituents is 1. The molecule has 1 amide bonds. The maximum Gasteiger partial charge on any atom is 0.313 e. The van der Waals surface area contributed by atoms with Crippen molar-refractivity contribution in [3.63, 3.8) is 0 Å². The number of aromatic hydroxyl groups is 1. The Labute approximate surface area is 148 Å². The molecule has 0 saturated heterocycles. The Hall–Kier alpha value is -3.62. The molecule has 0 fully saturated rings. The van der Waals surface area contributed by atoms with E-state index in [1.165, 1.54) is 17.1 Å².